The number of aliphatic carboxylic acids is 1. The molecule has 0 spiro atoms. The molecule has 25 heavy (non-hydrogen) atoms. The Bertz CT molecular complexity index is 754. The number of hydrogen-bond donors (Lipinski definition) is 2. The second kappa shape index (κ2) is 8.50. The van der Waals surface area contributed by atoms with Crippen LogP contribution in [0.5, 0.6) is 5.75 Å². The average molecular weight is 347 g/mol. The summed E-state index contributed by atoms with van der Waals surface area (Å²) in [5, 5.41) is 12.0. The number of nitrogens with one attached hydrogen (secondary N) is 1. The van der Waals surface area contributed by atoms with Gasteiger partial charge in [0.25, 0.3) is 5.91 Å². The zero-order valence-electron chi connectivity index (χ0n) is 14.9. The summed E-state index contributed by atoms with van der Waals surface area (Å²) in [6, 6.07) is 2.67. The second-order valence-electron chi connectivity index (χ2n) is 5.77. The van der Waals surface area contributed by atoms with Gasteiger partial charge in [-0.1, -0.05) is 26.7 Å². The molecule has 0 aliphatic heterocycles. The minimum absolute atomic E-state index is 0.363. The Morgan fingerprint density at radius 3 is 2.72 bits per heavy atom. The van der Waals surface area contributed by atoms with Crippen molar-refractivity contribution >= 4 is 17.5 Å². The van der Waals surface area contributed by atoms with Gasteiger partial charge in [0.05, 0.1) is 12.3 Å². The minimum Gasteiger partial charge on any atom is -0.490 e. The molecule has 7 heteroatoms. The van der Waals surface area contributed by atoms with Gasteiger partial charge in [-0.25, -0.2) is 9.78 Å². The fourth-order valence-electron chi connectivity index (χ4n) is 2.74. The molecule has 0 aliphatic rings. The molecule has 0 radical (unpaired) electrons. The van der Waals surface area contributed by atoms with Crippen LogP contribution in [0.1, 0.15) is 56.2 Å². The van der Waals surface area contributed by atoms with Crippen molar-refractivity contribution in [2.24, 2.45) is 0 Å². The molecule has 7 nitrogen and oxygen atoms in total. The predicted octanol–water partition coefficient (Wildman–Crippen LogP) is 2.67. The number of carbonyl (C=O) groups is 2. The maximum Gasteiger partial charge on any atom is 0.326 e. The first-order valence-electron chi connectivity index (χ1n) is 8.69. The van der Waals surface area contributed by atoms with Crippen LogP contribution in [0.15, 0.2) is 18.3 Å². The van der Waals surface area contributed by atoms with Crippen molar-refractivity contribution in [2.45, 2.75) is 52.5 Å². The predicted molar refractivity (Wildman–Crippen MR) is 94.2 cm³/mol. The SMILES string of the molecule is CCCCC(NC(=O)c1c(CC)nc2c(OCC)cccn12)C(=O)O. The van der Waals surface area contributed by atoms with Gasteiger partial charge < -0.3 is 15.2 Å². The molecule has 2 N–H and O–H groups in total. The van der Waals surface area contributed by atoms with E-state index in [1.54, 1.807) is 22.7 Å². The van der Waals surface area contributed by atoms with E-state index in [4.69, 9.17) is 4.74 Å². The van der Waals surface area contributed by atoms with Crippen molar-refractivity contribution in [3.63, 3.8) is 0 Å². The molecular formula is C18H25N3O4. The zero-order chi connectivity index (χ0) is 18.4. The molecule has 0 fully saturated rings. The van der Waals surface area contributed by atoms with E-state index in [-0.39, 0.29) is 0 Å². The van der Waals surface area contributed by atoms with Gasteiger partial charge in [0.2, 0.25) is 0 Å². The Morgan fingerprint density at radius 1 is 1.36 bits per heavy atom. The summed E-state index contributed by atoms with van der Waals surface area (Å²) in [6.45, 7) is 6.26. The van der Waals surface area contributed by atoms with E-state index in [0.717, 1.165) is 12.8 Å². The Labute approximate surface area is 147 Å². The van der Waals surface area contributed by atoms with E-state index < -0.39 is 17.9 Å². The molecule has 1 atom stereocenters. The summed E-state index contributed by atoms with van der Waals surface area (Å²) in [7, 11) is 0. The molecule has 136 valence electrons. The number of rotatable bonds is 9. The van der Waals surface area contributed by atoms with Crippen LogP contribution in [0, 0.1) is 0 Å². The number of pyridine rings is 1. The maximum atomic E-state index is 12.8. The number of carboxylic acid groups (broad SMARTS) is 1. The highest BCUT2D eigenvalue weighted by Gasteiger charge is 2.25. The Morgan fingerprint density at radius 2 is 2.12 bits per heavy atom. The first kappa shape index (κ1) is 18.8. The molecule has 0 saturated heterocycles. The van der Waals surface area contributed by atoms with Crippen LogP contribution in [-0.2, 0) is 11.2 Å². The van der Waals surface area contributed by atoms with Crippen LogP contribution in [0.2, 0.25) is 0 Å². The lowest BCUT2D eigenvalue weighted by molar-refractivity contribution is -0.139. The van der Waals surface area contributed by atoms with Gasteiger partial charge in [0.1, 0.15) is 11.7 Å². The lowest BCUT2D eigenvalue weighted by Gasteiger charge is -2.14. The molecule has 1 amide bonds. The summed E-state index contributed by atoms with van der Waals surface area (Å²) in [5.74, 6) is -0.857. The lowest BCUT2D eigenvalue weighted by atomic mass is 10.1. The highest BCUT2D eigenvalue weighted by molar-refractivity contribution is 5.97. The number of aromatic nitrogens is 2. The number of nitrogens with zero attached hydrogens (tertiary/aromatic N) is 2. The van der Waals surface area contributed by atoms with Gasteiger partial charge in [0, 0.05) is 6.20 Å². The first-order valence-corrected chi connectivity index (χ1v) is 8.69. The van der Waals surface area contributed by atoms with Gasteiger partial charge in [0.15, 0.2) is 11.4 Å². The minimum atomic E-state index is -1.02. The van der Waals surface area contributed by atoms with Crippen molar-refractivity contribution in [2.75, 3.05) is 6.61 Å². The van der Waals surface area contributed by atoms with E-state index in [2.05, 4.69) is 10.3 Å². The third-order valence-electron chi connectivity index (χ3n) is 3.99. The summed E-state index contributed by atoms with van der Waals surface area (Å²) in [4.78, 5) is 28.7. The van der Waals surface area contributed by atoms with Crippen LogP contribution < -0.4 is 10.1 Å². The van der Waals surface area contributed by atoms with Crippen LogP contribution in [0.4, 0.5) is 0 Å². The maximum absolute atomic E-state index is 12.8. The number of unbranched alkanes of at least 4 members (excludes halogenated alkanes) is 1. The van der Waals surface area contributed by atoms with E-state index in [1.165, 1.54) is 0 Å². The summed E-state index contributed by atoms with van der Waals surface area (Å²) in [5.41, 5.74) is 1.54. The van der Waals surface area contributed by atoms with Gasteiger partial charge >= 0.3 is 5.97 Å². The monoisotopic (exact) mass is 347 g/mol. The second-order valence-corrected chi connectivity index (χ2v) is 5.77. The largest absolute Gasteiger partial charge is 0.490 e. The molecular weight excluding hydrogens is 322 g/mol. The Balaban J connectivity index is 2.39. The highest BCUT2D eigenvalue weighted by Crippen LogP contribution is 2.23. The first-order chi connectivity index (χ1) is 12.0. The lowest BCUT2D eigenvalue weighted by Crippen LogP contribution is -2.41. The molecule has 2 heterocycles. The molecule has 0 saturated carbocycles. The quantitative estimate of drug-likeness (QED) is 0.727. The molecule has 2 aromatic rings. The van der Waals surface area contributed by atoms with Crippen molar-refractivity contribution in [3.05, 3.63) is 29.7 Å². The van der Waals surface area contributed by atoms with Gasteiger partial charge in [-0.3, -0.25) is 9.20 Å². The fourth-order valence-corrected chi connectivity index (χ4v) is 2.74. The topological polar surface area (TPSA) is 92.9 Å². The summed E-state index contributed by atoms with van der Waals surface area (Å²) in [6.07, 6.45) is 4.30. The summed E-state index contributed by atoms with van der Waals surface area (Å²) >= 11 is 0. The number of aryl methyl sites for hydroxylation is 1. The van der Waals surface area contributed by atoms with Crippen molar-refractivity contribution < 1.29 is 19.4 Å². The van der Waals surface area contributed by atoms with E-state index >= 15 is 0 Å². The van der Waals surface area contributed by atoms with Crippen LogP contribution in [0.3, 0.4) is 0 Å². The third-order valence-corrected chi connectivity index (χ3v) is 3.99. The number of imidazole rings is 1. The molecule has 2 rings (SSSR count). The normalized spacial score (nSPS) is 12.1. The molecule has 0 bridgehead atoms. The van der Waals surface area contributed by atoms with E-state index in [1.807, 2.05) is 20.8 Å². The summed E-state index contributed by atoms with van der Waals surface area (Å²) < 4.78 is 7.24. The van der Waals surface area contributed by atoms with Crippen molar-refractivity contribution in [1.29, 1.82) is 0 Å². The highest BCUT2D eigenvalue weighted by atomic mass is 16.5. The van der Waals surface area contributed by atoms with Crippen LogP contribution in [0.25, 0.3) is 5.65 Å². The van der Waals surface area contributed by atoms with E-state index in [9.17, 15) is 14.7 Å². The average Bonchev–Trinajstić information content (AvgIpc) is 2.98. The fraction of sp³-hybridized carbons (Fsp3) is 0.500. The number of amides is 1. The molecule has 2 aromatic heterocycles. The Hall–Kier alpha value is -2.57. The standard InChI is InChI=1S/C18H25N3O4/c1-4-7-9-13(18(23)24)20-17(22)15-12(5-2)19-16-14(25-6-3)10-8-11-21(15)16/h8,10-11,13H,4-7,9H2,1-3H3,(H,20,22)(H,23,24). The van der Waals surface area contributed by atoms with Crippen molar-refractivity contribution in [1.82, 2.24) is 14.7 Å². The molecule has 1 unspecified atom stereocenters. The van der Waals surface area contributed by atoms with Crippen molar-refractivity contribution in [3.8, 4) is 5.75 Å². The zero-order valence-corrected chi connectivity index (χ0v) is 14.9. The number of carboxylic acids is 1. The van der Waals surface area contributed by atoms with Crippen LogP contribution >= 0.6 is 0 Å². The number of carbonyl (C=O) groups excluding carboxylic acids is 1. The smallest absolute Gasteiger partial charge is 0.326 e. The van der Waals surface area contributed by atoms with Crippen LogP contribution in [-0.4, -0.2) is 39.0 Å². The van der Waals surface area contributed by atoms with Gasteiger partial charge in [-0.15, -0.1) is 0 Å². The van der Waals surface area contributed by atoms with Gasteiger partial charge in [-0.2, -0.15) is 0 Å². The number of fused-ring (bicyclic) bond motifs is 1. The van der Waals surface area contributed by atoms with E-state index in [0.29, 0.717) is 42.2 Å². The van der Waals surface area contributed by atoms with Gasteiger partial charge in [-0.05, 0) is 31.9 Å². The number of ether oxygens (including phenoxy) is 1. The molecule has 0 aromatic carbocycles. The molecule has 0 aliphatic carbocycles. The number of hydrogen-bond acceptors (Lipinski definition) is 4. The third kappa shape index (κ3) is 4.10. The Kier molecular flexibility index (Phi) is 6.38.